The van der Waals surface area contributed by atoms with Crippen molar-refractivity contribution in [1.29, 1.82) is 0 Å². The van der Waals surface area contributed by atoms with E-state index in [0.717, 1.165) is 30.5 Å². The van der Waals surface area contributed by atoms with Gasteiger partial charge in [-0.25, -0.2) is 4.98 Å². The van der Waals surface area contributed by atoms with Crippen LogP contribution in [0.2, 0.25) is 0 Å². The molecular weight excluding hydrogens is 290 g/mol. The molecule has 0 aliphatic carbocycles. The number of hydrogen-bond donors (Lipinski definition) is 1. The van der Waals surface area contributed by atoms with E-state index >= 15 is 0 Å². The largest absolute Gasteiger partial charge is 0.481 e. The Balaban J connectivity index is 2.08. The quantitative estimate of drug-likeness (QED) is 0.872. The van der Waals surface area contributed by atoms with E-state index in [1.165, 1.54) is 12.8 Å². The zero-order chi connectivity index (χ0) is 17.0. The molecule has 1 fully saturated rings. The lowest BCUT2D eigenvalue weighted by atomic mass is 9.99. The molecule has 2 rings (SSSR count). The number of aromatic nitrogens is 1. The predicted octanol–water partition coefficient (Wildman–Crippen LogP) is 3.25. The molecule has 128 valence electrons. The van der Waals surface area contributed by atoms with E-state index in [1.54, 1.807) is 6.92 Å². The van der Waals surface area contributed by atoms with Gasteiger partial charge >= 0.3 is 5.97 Å². The number of rotatable bonds is 6. The molecule has 0 bridgehead atoms. The average molecular weight is 319 g/mol. The van der Waals surface area contributed by atoms with Gasteiger partial charge in [0.2, 0.25) is 0 Å². The highest BCUT2D eigenvalue weighted by Gasteiger charge is 2.20. The molecule has 1 aromatic heterocycles. The minimum Gasteiger partial charge on any atom is -0.481 e. The summed E-state index contributed by atoms with van der Waals surface area (Å²) in [7, 11) is 0. The van der Waals surface area contributed by atoms with Crippen LogP contribution in [0.3, 0.4) is 0 Å². The normalized spacial score (nSPS) is 17.3. The molecule has 1 aliphatic rings. The van der Waals surface area contributed by atoms with Gasteiger partial charge in [-0.1, -0.05) is 13.8 Å². The summed E-state index contributed by atoms with van der Waals surface area (Å²) < 4.78 is 0. The Kier molecular flexibility index (Phi) is 5.85. The van der Waals surface area contributed by atoms with E-state index in [0.29, 0.717) is 6.54 Å². The highest BCUT2D eigenvalue weighted by atomic mass is 16.4. The molecule has 1 aliphatic heterocycles. The van der Waals surface area contributed by atoms with Crippen molar-refractivity contribution in [2.75, 3.05) is 29.4 Å². The highest BCUT2D eigenvalue weighted by Crippen LogP contribution is 2.24. The third-order valence-corrected chi connectivity index (χ3v) is 4.69. The maximum absolute atomic E-state index is 11.1. The van der Waals surface area contributed by atoms with Gasteiger partial charge in [-0.05, 0) is 44.7 Å². The van der Waals surface area contributed by atoms with E-state index < -0.39 is 11.9 Å². The van der Waals surface area contributed by atoms with Crippen LogP contribution in [0.15, 0.2) is 18.3 Å². The first-order valence-electron chi connectivity index (χ1n) is 8.59. The molecule has 0 spiro atoms. The molecular formula is C18H29N3O2. The van der Waals surface area contributed by atoms with Gasteiger partial charge in [0.1, 0.15) is 5.82 Å². The summed E-state index contributed by atoms with van der Waals surface area (Å²) in [5, 5.41) is 9.15. The topological polar surface area (TPSA) is 56.7 Å². The number of aliphatic carboxylic acids is 1. The second-order valence-electron chi connectivity index (χ2n) is 7.03. The van der Waals surface area contributed by atoms with Crippen molar-refractivity contribution in [2.45, 2.75) is 46.6 Å². The summed E-state index contributed by atoms with van der Waals surface area (Å²) in [6, 6.07) is 4.36. The van der Waals surface area contributed by atoms with Gasteiger partial charge in [-0.3, -0.25) is 4.79 Å². The summed E-state index contributed by atoms with van der Waals surface area (Å²) in [4.78, 5) is 20.2. The lowest BCUT2D eigenvalue weighted by molar-refractivity contribution is -0.140. The standard InChI is InChI=1S/C18H29N3O2/c1-13(2)21(12-15(4)18(22)23)16-5-6-17(19-11-16)20-9-7-14(3)8-10-20/h5-6,11,13-15H,7-10,12H2,1-4H3,(H,22,23). The van der Waals surface area contributed by atoms with E-state index in [-0.39, 0.29) is 6.04 Å². The number of nitrogens with zero attached hydrogens (tertiary/aromatic N) is 3. The summed E-state index contributed by atoms with van der Waals surface area (Å²) in [6.45, 7) is 10.8. The van der Waals surface area contributed by atoms with Crippen molar-refractivity contribution in [3.05, 3.63) is 18.3 Å². The zero-order valence-corrected chi connectivity index (χ0v) is 14.7. The maximum Gasteiger partial charge on any atom is 0.308 e. The third-order valence-electron chi connectivity index (χ3n) is 4.69. The van der Waals surface area contributed by atoms with Crippen molar-refractivity contribution in [1.82, 2.24) is 4.98 Å². The third kappa shape index (κ3) is 4.60. The Morgan fingerprint density at radius 1 is 1.35 bits per heavy atom. The Morgan fingerprint density at radius 3 is 2.48 bits per heavy atom. The molecule has 0 aromatic carbocycles. The smallest absolute Gasteiger partial charge is 0.308 e. The van der Waals surface area contributed by atoms with Gasteiger partial charge in [0, 0.05) is 25.7 Å². The number of carboxylic acids is 1. The Morgan fingerprint density at radius 2 is 2.00 bits per heavy atom. The van der Waals surface area contributed by atoms with Crippen LogP contribution < -0.4 is 9.80 Å². The lowest BCUT2D eigenvalue weighted by Crippen LogP contribution is -2.37. The molecule has 1 aromatic rings. The Bertz CT molecular complexity index is 508. The van der Waals surface area contributed by atoms with Crippen molar-refractivity contribution >= 4 is 17.5 Å². The van der Waals surface area contributed by atoms with Gasteiger partial charge in [0.25, 0.3) is 0 Å². The highest BCUT2D eigenvalue weighted by molar-refractivity contribution is 5.70. The maximum atomic E-state index is 11.1. The number of carbonyl (C=O) groups is 1. The Hall–Kier alpha value is -1.78. The molecule has 0 amide bonds. The summed E-state index contributed by atoms with van der Waals surface area (Å²) in [6.07, 6.45) is 4.32. The molecule has 5 nitrogen and oxygen atoms in total. The van der Waals surface area contributed by atoms with E-state index in [2.05, 4.69) is 47.7 Å². The van der Waals surface area contributed by atoms with Crippen LogP contribution in [0.5, 0.6) is 0 Å². The summed E-state index contributed by atoms with van der Waals surface area (Å²) in [5.41, 5.74) is 0.988. The van der Waals surface area contributed by atoms with Crippen LogP contribution in [0.4, 0.5) is 11.5 Å². The number of pyridine rings is 1. The average Bonchev–Trinajstić information content (AvgIpc) is 2.53. The lowest BCUT2D eigenvalue weighted by Gasteiger charge is -2.33. The van der Waals surface area contributed by atoms with Gasteiger partial charge in [0.15, 0.2) is 0 Å². The van der Waals surface area contributed by atoms with Crippen LogP contribution >= 0.6 is 0 Å². The first kappa shape index (κ1) is 17.6. The van der Waals surface area contributed by atoms with Crippen LogP contribution in [-0.2, 0) is 4.79 Å². The van der Waals surface area contributed by atoms with Gasteiger partial charge in [-0.2, -0.15) is 0 Å². The van der Waals surface area contributed by atoms with E-state index in [1.807, 2.05) is 6.20 Å². The fraction of sp³-hybridized carbons (Fsp3) is 0.667. The summed E-state index contributed by atoms with van der Waals surface area (Å²) in [5.74, 6) is 0.665. The molecule has 1 atom stereocenters. The van der Waals surface area contributed by atoms with Gasteiger partial charge < -0.3 is 14.9 Å². The van der Waals surface area contributed by atoms with Crippen molar-refractivity contribution < 1.29 is 9.90 Å². The zero-order valence-electron chi connectivity index (χ0n) is 14.7. The second kappa shape index (κ2) is 7.66. The fourth-order valence-electron chi connectivity index (χ4n) is 2.96. The van der Waals surface area contributed by atoms with Crippen molar-refractivity contribution in [3.63, 3.8) is 0 Å². The molecule has 1 N–H and O–H groups in total. The number of hydrogen-bond acceptors (Lipinski definition) is 4. The first-order chi connectivity index (χ1) is 10.9. The number of anilines is 2. The molecule has 23 heavy (non-hydrogen) atoms. The van der Waals surface area contributed by atoms with Crippen LogP contribution in [0.25, 0.3) is 0 Å². The molecule has 1 saturated heterocycles. The number of piperidine rings is 1. The number of carboxylic acid groups (broad SMARTS) is 1. The van der Waals surface area contributed by atoms with Crippen LogP contribution in [0.1, 0.15) is 40.5 Å². The summed E-state index contributed by atoms with van der Waals surface area (Å²) >= 11 is 0. The van der Waals surface area contributed by atoms with E-state index in [4.69, 9.17) is 5.11 Å². The monoisotopic (exact) mass is 319 g/mol. The Labute approximate surface area is 139 Å². The minimum atomic E-state index is -0.761. The second-order valence-corrected chi connectivity index (χ2v) is 7.03. The molecule has 5 heteroatoms. The molecule has 0 saturated carbocycles. The van der Waals surface area contributed by atoms with Crippen molar-refractivity contribution in [2.24, 2.45) is 11.8 Å². The van der Waals surface area contributed by atoms with E-state index in [9.17, 15) is 4.79 Å². The van der Waals surface area contributed by atoms with Crippen LogP contribution in [0, 0.1) is 11.8 Å². The van der Waals surface area contributed by atoms with Gasteiger partial charge in [-0.15, -0.1) is 0 Å². The molecule has 1 unspecified atom stereocenters. The first-order valence-corrected chi connectivity index (χ1v) is 8.59. The fourth-order valence-corrected chi connectivity index (χ4v) is 2.96. The van der Waals surface area contributed by atoms with Gasteiger partial charge in [0.05, 0.1) is 17.8 Å². The van der Waals surface area contributed by atoms with Crippen molar-refractivity contribution in [3.8, 4) is 0 Å². The predicted molar refractivity (Wildman–Crippen MR) is 94.1 cm³/mol. The molecule has 2 heterocycles. The van der Waals surface area contributed by atoms with Crippen LogP contribution in [-0.4, -0.2) is 41.7 Å². The molecule has 0 radical (unpaired) electrons. The minimum absolute atomic E-state index is 0.236. The SMILES string of the molecule is CC1CCN(c2ccc(N(CC(C)C(=O)O)C(C)C)cn2)CC1.